The molecule has 0 saturated carbocycles. The molecule has 1 fully saturated rings. The summed E-state index contributed by atoms with van der Waals surface area (Å²) in [4.78, 5) is 17.7. The second kappa shape index (κ2) is 6.70. The molecular formula is C15H24N4O. The van der Waals surface area contributed by atoms with E-state index < -0.39 is 5.91 Å². The van der Waals surface area contributed by atoms with E-state index in [1.54, 1.807) is 6.07 Å². The van der Waals surface area contributed by atoms with Gasteiger partial charge in [-0.1, -0.05) is 0 Å². The van der Waals surface area contributed by atoms with E-state index in [1.165, 1.54) is 32.1 Å². The zero-order valence-corrected chi connectivity index (χ0v) is 12.3. The van der Waals surface area contributed by atoms with E-state index in [1.807, 2.05) is 6.07 Å². The first-order chi connectivity index (χ1) is 9.56. The average Bonchev–Trinajstić information content (AvgIpc) is 2.46. The first-order valence-electron chi connectivity index (χ1n) is 7.30. The van der Waals surface area contributed by atoms with E-state index in [0.717, 1.165) is 12.4 Å². The zero-order chi connectivity index (χ0) is 14.5. The number of nitrogens with zero attached hydrogens (tertiary/aromatic N) is 2. The normalized spacial score (nSPS) is 17.4. The minimum atomic E-state index is -0.440. The molecule has 3 N–H and O–H groups in total. The molecule has 1 aromatic heterocycles. The molecule has 0 radical (unpaired) electrons. The highest BCUT2D eigenvalue weighted by atomic mass is 16.1. The van der Waals surface area contributed by atoms with Gasteiger partial charge in [0.1, 0.15) is 5.82 Å². The molecule has 0 aromatic carbocycles. The fourth-order valence-corrected chi connectivity index (χ4v) is 2.57. The number of amides is 1. The maximum atomic E-state index is 11.0. The lowest BCUT2D eigenvalue weighted by Crippen LogP contribution is -2.39. The van der Waals surface area contributed by atoms with E-state index in [-0.39, 0.29) is 0 Å². The third-order valence-electron chi connectivity index (χ3n) is 4.00. The molecule has 5 heteroatoms. The van der Waals surface area contributed by atoms with E-state index in [4.69, 9.17) is 5.73 Å². The summed E-state index contributed by atoms with van der Waals surface area (Å²) in [6.45, 7) is 7.80. The topological polar surface area (TPSA) is 71.2 Å². The number of carbonyl (C=O) groups is 1. The highest BCUT2D eigenvalue weighted by Gasteiger charge is 2.20. The molecule has 5 nitrogen and oxygen atoms in total. The van der Waals surface area contributed by atoms with Crippen LogP contribution < -0.4 is 11.1 Å². The summed E-state index contributed by atoms with van der Waals surface area (Å²) < 4.78 is 0. The summed E-state index contributed by atoms with van der Waals surface area (Å²) in [6, 6.07) is 4.16. The molecule has 1 amide bonds. The van der Waals surface area contributed by atoms with E-state index in [2.05, 4.69) is 29.0 Å². The molecule has 0 bridgehead atoms. The molecule has 2 heterocycles. The van der Waals surface area contributed by atoms with Crippen LogP contribution in [0.3, 0.4) is 0 Å². The second-order valence-corrected chi connectivity index (χ2v) is 5.75. The van der Waals surface area contributed by atoms with Crippen molar-refractivity contribution in [2.45, 2.75) is 32.7 Å². The summed E-state index contributed by atoms with van der Waals surface area (Å²) in [5.74, 6) is 1.06. The van der Waals surface area contributed by atoms with Crippen molar-refractivity contribution >= 4 is 11.7 Å². The Morgan fingerprint density at radius 3 is 2.65 bits per heavy atom. The predicted octanol–water partition coefficient (Wildman–Crippen LogP) is 1.71. The lowest BCUT2D eigenvalue weighted by Gasteiger charge is -2.34. The van der Waals surface area contributed by atoms with E-state index in [9.17, 15) is 4.79 Å². The first kappa shape index (κ1) is 14.8. The van der Waals surface area contributed by atoms with Crippen molar-refractivity contribution in [1.82, 2.24) is 9.88 Å². The zero-order valence-electron chi connectivity index (χ0n) is 12.3. The van der Waals surface area contributed by atoms with Gasteiger partial charge >= 0.3 is 0 Å². The van der Waals surface area contributed by atoms with Gasteiger partial charge in [0.2, 0.25) is 5.91 Å². The Hall–Kier alpha value is -1.62. The largest absolute Gasteiger partial charge is 0.370 e. The van der Waals surface area contributed by atoms with Crippen LogP contribution in [0.15, 0.2) is 18.3 Å². The minimum absolute atomic E-state index is 0.440. The summed E-state index contributed by atoms with van der Waals surface area (Å²) in [7, 11) is 0. The van der Waals surface area contributed by atoms with Gasteiger partial charge in [0, 0.05) is 18.8 Å². The summed E-state index contributed by atoms with van der Waals surface area (Å²) in [6.07, 6.45) is 3.97. The fraction of sp³-hybridized carbons (Fsp3) is 0.600. The highest BCUT2D eigenvalue weighted by molar-refractivity contribution is 5.92. The maximum absolute atomic E-state index is 11.0. The number of anilines is 1. The molecule has 1 saturated heterocycles. The maximum Gasteiger partial charge on any atom is 0.250 e. The summed E-state index contributed by atoms with van der Waals surface area (Å²) in [5.41, 5.74) is 5.63. The number of nitrogens with one attached hydrogen (secondary N) is 1. The van der Waals surface area contributed by atoms with Crippen LogP contribution in [0.5, 0.6) is 0 Å². The van der Waals surface area contributed by atoms with Crippen LogP contribution in [0, 0.1) is 5.92 Å². The van der Waals surface area contributed by atoms with Crippen LogP contribution in [-0.2, 0) is 0 Å². The smallest absolute Gasteiger partial charge is 0.250 e. The third-order valence-corrected chi connectivity index (χ3v) is 4.00. The van der Waals surface area contributed by atoms with Gasteiger partial charge in [-0.25, -0.2) is 4.98 Å². The summed E-state index contributed by atoms with van der Waals surface area (Å²) in [5, 5.41) is 3.34. The number of hydrogen-bond acceptors (Lipinski definition) is 4. The average molecular weight is 276 g/mol. The number of hydrogen-bond donors (Lipinski definition) is 2. The second-order valence-electron chi connectivity index (χ2n) is 5.75. The summed E-state index contributed by atoms with van der Waals surface area (Å²) >= 11 is 0. The van der Waals surface area contributed by atoms with Gasteiger partial charge in [-0.2, -0.15) is 0 Å². The molecule has 110 valence electrons. The molecule has 0 unspecified atom stereocenters. The van der Waals surface area contributed by atoms with Gasteiger partial charge in [-0.3, -0.25) is 4.79 Å². The minimum Gasteiger partial charge on any atom is -0.370 e. The quantitative estimate of drug-likeness (QED) is 0.859. The number of aromatic nitrogens is 1. The Morgan fingerprint density at radius 2 is 2.15 bits per heavy atom. The molecule has 1 aromatic rings. The standard InChI is InChI=1S/C15H24N4O/c1-11(2)19-7-5-12(6-8-19)9-17-14-4-3-13(10-18-14)15(16)20/h3-4,10-12H,5-9H2,1-2H3,(H2,16,20)(H,17,18). The van der Waals surface area contributed by atoms with Gasteiger partial charge in [0.25, 0.3) is 0 Å². The number of likely N-dealkylation sites (tertiary alicyclic amines) is 1. The van der Waals surface area contributed by atoms with Crippen LogP contribution >= 0.6 is 0 Å². The van der Waals surface area contributed by atoms with Crippen molar-refractivity contribution in [3.63, 3.8) is 0 Å². The molecule has 0 aliphatic carbocycles. The van der Waals surface area contributed by atoms with Crippen molar-refractivity contribution in [2.75, 3.05) is 25.0 Å². The van der Waals surface area contributed by atoms with Crippen molar-refractivity contribution in [1.29, 1.82) is 0 Å². The van der Waals surface area contributed by atoms with Crippen LogP contribution in [0.4, 0.5) is 5.82 Å². The number of primary amides is 1. The molecule has 2 rings (SSSR count). The number of pyridine rings is 1. The molecule has 0 spiro atoms. The lowest BCUT2D eigenvalue weighted by molar-refractivity contribution is 0.1000. The molecule has 1 aliphatic rings. The van der Waals surface area contributed by atoms with E-state index >= 15 is 0 Å². The Bertz CT molecular complexity index is 436. The van der Waals surface area contributed by atoms with Crippen molar-refractivity contribution in [2.24, 2.45) is 11.7 Å². The molecular weight excluding hydrogens is 252 g/mol. The van der Waals surface area contributed by atoms with Gasteiger partial charge in [-0.15, -0.1) is 0 Å². The number of piperidine rings is 1. The van der Waals surface area contributed by atoms with Crippen molar-refractivity contribution in [3.05, 3.63) is 23.9 Å². The monoisotopic (exact) mass is 276 g/mol. The van der Waals surface area contributed by atoms with Crippen LogP contribution in [-0.4, -0.2) is 41.5 Å². The van der Waals surface area contributed by atoms with E-state index in [0.29, 0.717) is 17.5 Å². The number of nitrogens with two attached hydrogens (primary N) is 1. The molecule has 1 aliphatic heterocycles. The number of rotatable bonds is 5. The molecule has 20 heavy (non-hydrogen) atoms. The van der Waals surface area contributed by atoms with Gasteiger partial charge < -0.3 is 16.0 Å². The number of carbonyl (C=O) groups excluding carboxylic acids is 1. The van der Waals surface area contributed by atoms with Crippen molar-refractivity contribution < 1.29 is 4.79 Å². The lowest BCUT2D eigenvalue weighted by atomic mass is 9.96. The highest BCUT2D eigenvalue weighted by Crippen LogP contribution is 2.19. The Labute approximate surface area is 120 Å². The first-order valence-corrected chi connectivity index (χ1v) is 7.30. The van der Waals surface area contributed by atoms with Gasteiger partial charge in [-0.05, 0) is 57.8 Å². The third kappa shape index (κ3) is 3.93. The SMILES string of the molecule is CC(C)N1CCC(CNc2ccc(C(N)=O)cn2)CC1. The molecule has 0 atom stereocenters. The van der Waals surface area contributed by atoms with Crippen LogP contribution in [0.1, 0.15) is 37.0 Å². The predicted molar refractivity (Wildman–Crippen MR) is 80.7 cm³/mol. The fourth-order valence-electron chi connectivity index (χ4n) is 2.57. The Kier molecular flexibility index (Phi) is 4.95. The van der Waals surface area contributed by atoms with Crippen LogP contribution in [0.2, 0.25) is 0 Å². The Balaban J connectivity index is 1.77. The van der Waals surface area contributed by atoms with Gasteiger partial charge in [0.05, 0.1) is 5.56 Å². The van der Waals surface area contributed by atoms with Crippen LogP contribution in [0.25, 0.3) is 0 Å². The van der Waals surface area contributed by atoms with Crippen molar-refractivity contribution in [3.8, 4) is 0 Å². The van der Waals surface area contributed by atoms with Gasteiger partial charge in [0.15, 0.2) is 0 Å². The Morgan fingerprint density at radius 1 is 1.45 bits per heavy atom.